The topological polar surface area (TPSA) is 115 Å². The molecule has 2 aliphatic heterocycles. The van der Waals surface area contributed by atoms with Crippen molar-refractivity contribution in [2.45, 2.75) is 19.0 Å². The van der Waals surface area contributed by atoms with Crippen molar-refractivity contribution < 1.29 is 37.3 Å². The standard InChI is InChI=1S/C17H19N3O3S.C2HF3O2/c18-16(21)11-3-5-20(6-4-11)17-19-13(10-24-17)12-1-2-14-15(9-12)23-8-7-22-14;3-2(4,5)1(6)7/h1-2,9-11H,3-8H2,(H2,18,21);(H,6,7). The highest BCUT2D eigenvalue weighted by atomic mass is 32.1. The van der Waals surface area contributed by atoms with E-state index in [2.05, 4.69) is 10.3 Å². The molecule has 1 aromatic carbocycles. The highest BCUT2D eigenvalue weighted by Crippen LogP contribution is 2.36. The molecule has 3 N–H and O–H groups in total. The summed E-state index contributed by atoms with van der Waals surface area (Å²) >= 11 is 1.62. The molecule has 1 fully saturated rings. The first kappa shape index (κ1) is 22.7. The molecule has 2 aromatic rings. The molecule has 0 aliphatic carbocycles. The average Bonchev–Trinajstić information content (AvgIpc) is 3.23. The van der Waals surface area contributed by atoms with Gasteiger partial charge in [0.15, 0.2) is 16.6 Å². The normalized spacial score (nSPS) is 16.3. The van der Waals surface area contributed by atoms with Crippen LogP contribution in [0.1, 0.15) is 12.8 Å². The first-order valence-corrected chi connectivity index (χ1v) is 10.2. The Labute approximate surface area is 179 Å². The minimum Gasteiger partial charge on any atom is -0.486 e. The largest absolute Gasteiger partial charge is 0.490 e. The molecule has 0 saturated carbocycles. The minimum atomic E-state index is -5.08. The van der Waals surface area contributed by atoms with Crippen molar-refractivity contribution >= 4 is 28.3 Å². The molecule has 12 heteroatoms. The number of benzene rings is 1. The predicted molar refractivity (Wildman–Crippen MR) is 106 cm³/mol. The summed E-state index contributed by atoms with van der Waals surface area (Å²) < 4.78 is 42.9. The zero-order valence-electron chi connectivity index (χ0n) is 16.2. The van der Waals surface area contributed by atoms with Gasteiger partial charge < -0.3 is 25.2 Å². The van der Waals surface area contributed by atoms with Crippen LogP contribution in [0.3, 0.4) is 0 Å². The van der Waals surface area contributed by atoms with Crippen LogP contribution in [0.5, 0.6) is 11.5 Å². The molecule has 1 aromatic heterocycles. The van der Waals surface area contributed by atoms with Gasteiger partial charge in [-0.3, -0.25) is 4.79 Å². The Hall–Kier alpha value is -3.02. The molecule has 1 amide bonds. The van der Waals surface area contributed by atoms with Crippen LogP contribution in [0.15, 0.2) is 23.6 Å². The van der Waals surface area contributed by atoms with Crippen molar-refractivity contribution in [3.05, 3.63) is 23.6 Å². The van der Waals surface area contributed by atoms with Crippen molar-refractivity contribution in [3.63, 3.8) is 0 Å². The highest BCUT2D eigenvalue weighted by molar-refractivity contribution is 7.14. The smallest absolute Gasteiger partial charge is 0.486 e. The van der Waals surface area contributed by atoms with Gasteiger partial charge in [0.2, 0.25) is 5.91 Å². The van der Waals surface area contributed by atoms with E-state index in [0.717, 1.165) is 53.8 Å². The first-order valence-electron chi connectivity index (χ1n) is 9.35. The molecule has 31 heavy (non-hydrogen) atoms. The van der Waals surface area contributed by atoms with Gasteiger partial charge in [0.25, 0.3) is 0 Å². The van der Waals surface area contributed by atoms with E-state index >= 15 is 0 Å². The number of aliphatic carboxylic acids is 1. The number of ether oxygens (including phenoxy) is 2. The maximum Gasteiger partial charge on any atom is 0.490 e. The number of amides is 1. The fourth-order valence-electron chi connectivity index (χ4n) is 3.10. The third-order valence-electron chi connectivity index (χ3n) is 4.74. The van der Waals surface area contributed by atoms with E-state index in [1.165, 1.54) is 0 Å². The number of alkyl halides is 3. The van der Waals surface area contributed by atoms with Gasteiger partial charge >= 0.3 is 12.1 Å². The summed E-state index contributed by atoms with van der Waals surface area (Å²) in [6.45, 7) is 2.81. The van der Waals surface area contributed by atoms with Gasteiger partial charge in [-0.2, -0.15) is 13.2 Å². The SMILES string of the molecule is NC(=O)C1CCN(c2nc(-c3ccc4c(c3)OCCO4)cs2)CC1.O=C(O)C(F)(F)F. The fraction of sp³-hybridized carbons (Fsp3) is 0.421. The number of anilines is 1. The number of nitrogens with two attached hydrogens (primary N) is 1. The van der Waals surface area contributed by atoms with Gasteiger partial charge in [0.05, 0.1) is 5.69 Å². The summed E-state index contributed by atoms with van der Waals surface area (Å²) in [6, 6.07) is 5.92. The van der Waals surface area contributed by atoms with Crippen molar-refractivity contribution in [1.29, 1.82) is 0 Å². The number of fused-ring (bicyclic) bond motifs is 1. The molecule has 3 heterocycles. The van der Waals surface area contributed by atoms with Crippen molar-refractivity contribution in [1.82, 2.24) is 4.98 Å². The quantitative estimate of drug-likeness (QED) is 0.725. The van der Waals surface area contributed by atoms with Crippen LogP contribution in [-0.4, -0.2) is 54.4 Å². The van der Waals surface area contributed by atoms with Crippen molar-refractivity contribution in [2.24, 2.45) is 11.7 Å². The zero-order chi connectivity index (χ0) is 22.6. The number of hydrogen-bond donors (Lipinski definition) is 2. The van der Waals surface area contributed by atoms with E-state index < -0.39 is 12.1 Å². The first-order chi connectivity index (χ1) is 14.6. The second-order valence-corrected chi connectivity index (χ2v) is 7.68. The van der Waals surface area contributed by atoms with Crippen molar-refractivity contribution in [3.8, 4) is 22.8 Å². The summed E-state index contributed by atoms with van der Waals surface area (Å²) in [5, 5.41) is 10.2. The highest BCUT2D eigenvalue weighted by Gasteiger charge is 2.38. The molecular formula is C19H20F3N3O5S. The molecule has 0 spiro atoms. The Morgan fingerprint density at radius 3 is 2.35 bits per heavy atom. The van der Waals surface area contributed by atoms with E-state index in [0.29, 0.717) is 13.2 Å². The van der Waals surface area contributed by atoms with Gasteiger partial charge in [-0.05, 0) is 31.0 Å². The number of hydrogen-bond acceptors (Lipinski definition) is 7. The van der Waals surface area contributed by atoms with Gasteiger partial charge in [0, 0.05) is 30.0 Å². The Morgan fingerprint density at radius 1 is 1.16 bits per heavy atom. The Balaban J connectivity index is 0.000000339. The molecular weight excluding hydrogens is 439 g/mol. The van der Waals surface area contributed by atoms with Gasteiger partial charge in [-0.1, -0.05) is 0 Å². The number of thiazole rings is 1. The molecule has 0 atom stereocenters. The molecule has 4 rings (SSSR count). The van der Waals surface area contributed by atoms with E-state index in [9.17, 15) is 18.0 Å². The van der Waals surface area contributed by atoms with E-state index in [-0.39, 0.29) is 11.8 Å². The van der Waals surface area contributed by atoms with E-state index in [4.69, 9.17) is 30.1 Å². The van der Waals surface area contributed by atoms with Gasteiger partial charge in [0.1, 0.15) is 13.2 Å². The fourth-order valence-corrected chi connectivity index (χ4v) is 3.99. The lowest BCUT2D eigenvalue weighted by Crippen LogP contribution is -2.38. The molecule has 8 nitrogen and oxygen atoms in total. The second-order valence-electron chi connectivity index (χ2n) is 6.84. The monoisotopic (exact) mass is 459 g/mol. The number of rotatable bonds is 3. The maximum atomic E-state index is 11.3. The number of primary amides is 1. The lowest BCUT2D eigenvalue weighted by molar-refractivity contribution is -0.192. The van der Waals surface area contributed by atoms with Crippen LogP contribution < -0.4 is 20.1 Å². The summed E-state index contributed by atoms with van der Waals surface area (Å²) in [5.74, 6) is -1.39. The van der Waals surface area contributed by atoms with Crippen LogP contribution in [0.2, 0.25) is 0 Å². The van der Waals surface area contributed by atoms with Gasteiger partial charge in [-0.15, -0.1) is 11.3 Å². The second kappa shape index (κ2) is 9.41. The third kappa shape index (κ3) is 5.78. The number of carbonyl (C=O) groups excluding carboxylic acids is 1. The van der Waals surface area contributed by atoms with Gasteiger partial charge in [-0.25, -0.2) is 9.78 Å². The number of nitrogens with zero attached hydrogens (tertiary/aromatic N) is 2. The Morgan fingerprint density at radius 2 is 1.77 bits per heavy atom. The summed E-state index contributed by atoms with van der Waals surface area (Å²) in [6.07, 6.45) is -3.48. The Bertz CT molecular complexity index is 942. The molecule has 0 bridgehead atoms. The lowest BCUT2D eigenvalue weighted by atomic mass is 9.97. The van der Waals surface area contributed by atoms with Crippen LogP contribution in [0.4, 0.5) is 18.3 Å². The molecule has 1 saturated heterocycles. The lowest BCUT2D eigenvalue weighted by Gasteiger charge is -2.30. The summed E-state index contributed by atoms with van der Waals surface area (Å²) in [7, 11) is 0. The van der Waals surface area contributed by atoms with E-state index in [1.54, 1.807) is 11.3 Å². The third-order valence-corrected chi connectivity index (χ3v) is 5.64. The van der Waals surface area contributed by atoms with Crippen LogP contribution >= 0.6 is 11.3 Å². The average molecular weight is 459 g/mol. The number of aromatic nitrogens is 1. The molecule has 0 radical (unpaired) electrons. The van der Waals surface area contributed by atoms with Crippen LogP contribution in [0.25, 0.3) is 11.3 Å². The molecule has 168 valence electrons. The minimum absolute atomic E-state index is 0.00141. The number of carboxylic acids is 1. The number of carbonyl (C=O) groups is 2. The molecule has 2 aliphatic rings. The summed E-state index contributed by atoms with van der Waals surface area (Å²) in [4.78, 5) is 27.2. The number of piperidine rings is 1. The predicted octanol–water partition coefficient (Wildman–Crippen LogP) is 2.92. The van der Waals surface area contributed by atoms with Crippen LogP contribution in [0, 0.1) is 5.92 Å². The number of carboxylic acid groups (broad SMARTS) is 1. The summed E-state index contributed by atoms with van der Waals surface area (Å²) in [5.41, 5.74) is 7.35. The zero-order valence-corrected chi connectivity index (χ0v) is 17.0. The van der Waals surface area contributed by atoms with E-state index in [1.807, 2.05) is 18.2 Å². The van der Waals surface area contributed by atoms with Crippen molar-refractivity contribution in [2.75, 3.05) is 31.2 Å². The Kier molecular flexibility index (Phi) is 6.88. The number of halogens is 3. The molecule has 0 unspecified atom stereocenters. The van der Waals surface area contributed by atoms with Crippen LogP contribution in [-0.2, 0) is 9.59 Å². The maximum absolute atomic E-state index is 11.3.